The van der Waals surface area contributed by atoms with E-state index in [1.807, 2.05) is 13.8 Å². The number of amides is 2. The minimum Gasteiger partial charge on any atom is -0.478 e. The SMILES string of the molecule is CCNC(=O)CN(CC)C(=O)CCc1ccc(C(=O)O)cc1. The molecule has 0 saturated heterocycles. The lowest BCUT2D eigenvalue weighted by atomic mass is 10.1. The average Bonchev–Trinajstić information content (AvgIpc) is 2.50. The molecule has 0 unspecified atom stereocenters. The number of nitrogens with one attached hydrogen (secondary N) is 1. The summed E-state index contributed by atoms with van der Waals surface area (Å²) in [5.74, 6) is -1.22. The second-order valence-electron chi connectivity index (χ2n) is 4.86. The highest BCUT2D eigenvalue weighted by Crippen LogP contribution is 2.08. The molecule has 1 aromatic rings. The van der Waals surface area contributed by atoms with E-state index in [2.05, 4.69) is 5.32 Å². The van der Waals surface area contributed by atoms with Crippen molar-refractivity contribution in [3.8, 4) is 0 Å². The molecule has 0 aliphatic heterocycles. The predicted molar refractivity (Wildman–Crippen MR) is 82.7 cm³/mol. The topological polar surface area (TPSA) is 86.7 Å². The van der Waals surface area contributed by atoms with E-state index in [0.29, 0.717) is 25.9 Å². The summed E-state index contributed by atoms with van der Waals surface area (Å²) < 4.78 is 0. The Balaban J connectivity index is 2.52. The number of carboxylic acid groups (broad SMARTS) is 1. The van der Waals surface area contributed by atoms with Crippen LogP contribution in [0.25, 0.3) is 0 Å². The number of likely N-dealkylation sites (N-methyl/N-ethyl adjacent to an activating group) is 2. The Hall–Kier alpha value is -2.37. The van der Waals surface area contributed by atoms with Gasteiger partial charge in [0.25, 0.3) is 0 Å². The number of hydrogen-bond acceptors (Lipinski definition) is 3. The molecule has 22 heavy (non-hydrogen) atoms. The predicted octanol–water partition coefficient (Wildman–Crippen LogP) is 1.30. The molecule has 1 aromatic carbocycles. The van der Waals surface area contributed by atoms with E-state index in [1.54, 1.807) is 12.1 Å². The number of benzene rings is 1. The van der Waals surface area contributed by atoms with Gasteiger partial charge in [-0.15, -0.1) is 0 Å². The molecule has 2 N–H and O–H groups in total. The number of aromatic carboxylic acids is 1. The Morgan fingerprint density at radius 2 is 1.77 bits per heavy atom. The lowest BCUT2D eigenvalue weighted by Crippen LogP contribution is -2.40. The fourth-order valence-corrected chi connectivity index (χ4v) is 2.03. The molecule has 0 spiro atoms. The maximum Gasteiger partial charge on any atom is 0.335 e. The number of carbonyl (C=O) groups excluding carboxylic acids is 2. The monoisotopic (exact) mass is 306 g/mol. The van der Waals surface area contributed by atoms with Gasteiger partial charge in [-0.2, -0.15) is 0 Å². The van der Waals surface area contributed by atoms with Gasteiger partial charge in [0.2, 0.25) is 11.8 Å². The fraction of sp³-hybridized carbons (Fsp3) is 0.438. The first-order valence-electron chi connectivity index (χ1n) is 7.34. The highest BCUT2D eigenvalue weighted by atomic mass is 16.4. The molecule has 120 valence electrons. The van der Waals surface area contributed by atoms with E-state index in [9.17, 15) is 14.4 Å². The Labute approximate surface area is 130 Å². The quantitative estimate of drug-likeness (QED) is 0.758. The zero-order valence-electron chi connectivity index (χ0n) is 13.0. The molecule has 0 fully saturated rings. The van der Waals surface area contributed by atoms with Gasteiger partial charge in [0.1, 0.15) is 0 Å². The lowest BCUT2D eigenvalue weighted by Gasteiger charge is -2.20. The minimum atomic E-state index is -0.971. The lowest BCUT2D eigenvalue weighted by molar-refractivity contribution is -0.135. The van der Waals surface area contributed by atoms with Crippen molar-refractivity contribution in [2.75, 3.05) is 19.6 Å². The smallest absolute Gasteiger partial charge is 0.335 e. The molecule has 0 radical (unpaired) electrons. The van der Waals surface area contributed by atoms with Crippen molar-refractivity contribution >= 4 is 17.8 Å². The van der Waals surface area contributed by atoms with E-state index in [4.69, 9.17) is 5.11 Å². The second kappa shape index (κ2) is 8.81. The molecule has 0 saturated carbocycles. The van der Waals surface area contributed by atoms with Crippen molar-refractivity contribution in [3.63, 3.8) is 0 Å². The molecule has 6 nitrogen and oxygen atoms in total. The summed E-state index contributed by atoms with van der Waals surface area (Å²) in [7, 11) is 0. The summed E-state index contributed by atoms with van der Waals surface area (Å²) in [6.45, 7) is 4.76. The molecular formula is C16H22N2O4. The maximum atomic E-state index is 12.1. The zero-order valence-corrected chi connectivity index (χ0v) is 13.0. The summed E-state index contributed by atoms with van der Waals surface area (Å²) in [6, 6.07) is 6.45. The Kier molecular flexibility index (Phi) is 7.08. The molecule has 6 heteroatoms. The van der Waals surface area contributed by atoms with Crippen LogP contribution in [0.5, 0.6) is 0 Å². The summed E-state index contributed by atoms with van der Waals surface area (Å²) in [5.41, 5.74) is 1.12. The Morgan fingerprint density at radius 1 is 1.14 bits per heavy atom. The third-order valence-corrected chi connectivity index (χ3v) is 3.27. The van der Waals surface area contributed by atoms with Gasteiger partial charge in [0.15, 0.2) is 0 Å². The van der Waals surface area contributed by atoms with E-state index in [1.165, 1.54) is 17.0 Å². The van der Waals surface area contributed by atoms with Gasteiger partial charge < -0.3 is 15.3 Å². The van der Waals surface area contributed by atoms with Crippen molar-refractivity contribution in [2.45, 2.75) is 26.7 Å². The van der Waals surface area contributed by atoms with Crippen LogP contribution in [0, 0.1) is 0 Å². The summed E-state index contributed by atoms with van der Waals surface area (Å²) >= 11 is 0. The summed E-state index contributed by atoms with van der Waals surface area (Å²) in [6.07, 6.45) is 0.810. The number of hydrogen-bond donors (Lipinski definition) is 2. The Morgan fingerprint density at radius 3 is 2.27 bits per heavy atom. The molecule has 0 aromatic heterocycles. The molecule has 0 atom stereocenters. The summed E-state index contributed by atoms with van der Waals surface area (Å²) in [5, 5.41) is 11.5. The van der Waals surface area contributed by atoms with Crippen LogP contribution in [0.2, 0.25) is 0 Å². The first kappa shape index (κ1) is 17.7. The molecule has 2 amide bonds. The Bertz CT molecular complexity index is 525. The molecular weight excluding hydrogens is 284 g/mol. The normalized spacial score (nSPS) is 10.1. The third-order valence-electron chi connectivity index (χ3n) is 3.27. The van der Waals surface area contributed by atoms with Crippen LogP contribution < -0.4 is 5.32 Å². The number of aryl methyl sites for hydroxylation is 1. The number of rotatable bonds is 8. The van der Waals surface area contributed by atoms with Gasteiger partial charge in [-0.05, 0) is 38.0 Å². The van der Waals surface area contributed by atoms with Crippen molar-refractivity contribution in [3.05, 3.63) is 35.4 Å². The third kappa shape index (κ3) is 5.55. The largest absolute Gasteiger partial charge is 0.478 e. The van der Waals surface area contributed by atoms with Crippen LogP contribution in [0.1, 0.15) is 36.2 Å². The van der Waals surface area contributed by atoms with Crippen LogP contribution in [0.3, 0.4) is 0 Å². The number of nitrogens with zero attached hydrogens (tertiary/aromatic N) is 1. The van der Waals surface area contributed by atoms with Gasteiger partial charge in [-0.3, -0.25) is 9.59 Å². The van der Waals surface area contributed by atoms with E-state index in [0.717, 1.165) is 5.56 Å². The standard InChI is InChI=1S/C16H22N2O4/c1-3-17-14(19)11-18(4-2)15(20)10-7-12-5-8-13(9-6-12)16(21)22/h5-6,8-9H,3-4,7,10-11H2,1-2H3,(H,17,19)(H,21,22). The van der Waals surface area contributed by atoms with E-state index < -0.39 is 5.97 Å². The molecule has 0 heterocycles. The number of carboxylic acids is 1. The second-order valence-corrected chi connectivity index (χ2v) is 4.86. The minimum absolute atomic E-state index is 0.0706. The van der Waals surface area contributed by atoms with Crippen molar-refractivity contribution < 1.29 is 19.5 Å². The highest BCUT2D eigenvalue weighted by Gasteiger charge is 2.15. The summed E-state index contributed by atoms with van der Waals surface area (Å²) in [4.78, 5) is 35.9. The van der Waals surface area contributed by atoms with Crippen LogP contribution in [-0.4, -0.2) is 47.4 Å². The van der Waals surface area contributed by atoms with Gasteiger partial charge >= 0.3 is 5.97 Å². The average molecular weight is 306 g/mol. The molecule has 0 bridgehead atoms. The van der Waals surface area contributed by atoms with Crippen molar-refractivity contribution in [1.82, 2.24) is 10.2 Å². The highest BCUT2D eigenvalue weighted by molar-refractivity contribution is 5.87. The first-order valence-corrected chi connectivity index (χ1v) is 7.34. The van der Waals surface area contributed by atoms with Crippen LogP contribution in [-0.2, 0) is 16.0 Å². The molecule has 0 aliphatic rings. The van der Waals surface area contributed by atoms with Crippen LogP contribution >= 0.6 is 0 Å². The maximum absolute atomic E-state index is 12.1. The van der Waals surface area contributed by atoms with Gasteiger partial charge in [-0.25, -0.2) is 4.79 Å². The first-order chi connectivity index (χ1) is 10.5. The van der Waals surface area contributed by atoms with E-state index in [-0.39, 0.29) is 23.9 Å². The van der Waals surface area contributed by atoms with Crippen molar-refractivity contribution in [2.24, 2.45) is 0 Å². The zero-order chi connectivity index (χ0) is 16.5. The van der Waals surface area contributed by atoms with Crippen molar-refractivity contribution in [1.29, 1.82) is 0 Å². The van der Waals surface area contributed by atoms with Crippen LogP contribution in [0.15, 0.2) is 24.3 Å². The van der Waals surface area contributed by atoms with Gasteiger partial charge in [-0.1, -0.05) is 12.1 Å². The molecule has 0 aliphatic carbocycles. The fourth-order valence-electron chi connectivity index (χ4n) is 2.03. The van der Waals surface area contributed by atoms with Gasteiger partial charge in [0.05, 0.1) is 12.1 Å². The number of carbonyl (C=O) groups is 3. The van der Waals surface area contributed by atoms with Crippen LogP contribution in [0.4, 0.5) is 0 Å². The van der Waals surface area contributed by atoms with E-state index >= 15 is 0 Å². The van der Waals surface area contributed by atoms with Gasteiger partial charge in [0, 0.05) is 19.5 Å². The molecule has 1 rings (SSSR count).